The Bertz CT molecular complexity index is 2250. The van der Waals surface area contributed by atoms with Crippen molar-refractivity contribution >= 4 is 0 Å². The Morgan fingerprint density at radius 2 is 0.385 bits per heavy atom. The van der Waals surface area contributed by atoms with Crippen LogP contribution in [0.4, 0.5) is 0 Å². The fraction of sp³-hybridized carbons (Fsp3) is 0.0769. The molecular weight excluding hydrogens is 625 g/mol. The second-order valence-electron chi connectivity index (χ2n) is 14.7. The maximum atomic E-state index is 2.58. The average molecular weight is 661 g/mol. The van der Waals surface area contributed by atoms with Crippen LogP contribution in [0.2, 0.25) is 0 Å². The van der Waals surface area contributed by atoms with Crippen molar-refractivity contribution in [3.05, 3.63) is 239 Å². The van der Waals surface area contributed by atoms with Gasteiger partial charge < -0.3 is 0 Å². The SMILES string of the molecule is c1ccc(-c2cc3c(cc2-c2ccccc2)[C@@H]2c4ccccc4[C@H]3[C@@H]3c4ccccc4[C@H]2c2cc(-c4ccccc4)c(-c4ccccc4)cc23)cc1. The van der Waals surface area contributed by atoms with Crippen LogP contribution < -0.4 is 0 Å². The third-order valence-electron chi connectivity index (χ3n) is 12.1. The third kappa shape index (κ3) is 4.34. The van der Waals surface area contributed by atoms with Gasteiger partial charge in [0.05, 0.1) is 0 Å². The molecule has 52 heavy (non-hydrogen) atoms. The van der Waals surface area contributed by atoms with E-state index in [-0.39, 0.29) is 23.7 Å². The van der Waals surface area contributed by atoms with Crippen LogP contribution in [0.3, 0.4) is 0 Å². The lowest BCUT2D eigenvalue weighted by Gasteiger charge is -2.50. The topological polar surface area (TPSA) is 0 Å². The van der Waals surface area contributed by atoms with Gasteiger partial charge in [0.2, 0.25) is 0 Å². The first kappa shape index (κ1) is 29.5. The molecule has 0 fully saturated rings. The van der Waals surface area contributed by atoms with Crippen LogP contribution in [-0.4, -0.2) is 0 Å². The van der Waals surface area contributed by atoms with Crippen LogP contribution in [0.1, 0.15) is 68.2 Å². The van der Waals surface area contributed by atoms with E-state index in [1.165, 1.54) is 89.0 Å². The summed E-state index contributed by atoms with van der Waals surface area (Å²) in [6.45, 7) is 0. The van der Waals surface area contributed by atoms with Crippen molar-refractivity contribution in [3.63, 3.8) is 0 Å². The Kier molecular flexibility index (Phi) is 6.61. The quantitative estimate of drug-likeness (QED) is 0.176. The van der Waals surface area contributed by atoms with Crippen molar-refractivity contribution in [1.82, 2.24) is 0 Å². The third-order valence-corrected chi connectivity index (χ3v) is 12.1. The normalized spacial score (nSPS) is 18.8. The molecule has 4 bridgehead atoms. The van der Waals surface area contributed by atoms with E-state index in [0.717, 1.165) is 0 Å². The van der Waals surface area contributed by atoms with Gasteiger partial charge in [-0.25, -0.2) is 0 Å². The molecule has 0 amide bonds. The molecule has 0 saturated heterocycles. The van der Waals surface area contributed by atoms with Gasteiger partial charge in [0.1, 0.15) is 0 Å². The van der Waals surface area contributed by atoms with Crippen molar-refractivity contribution in [2.45, 2.75) is 23.7 Å². The first-order chi connectivity index (χ1) is 25.8. The zero-order chi connectivity index (χ0) is 34.2. The summed E-state index contributed by atoms with van der Waals surface area (Å²) in [6, 6.07) is 73.2. The second kappa shape index (κ2) is 11.7. The predicted molar refractivity (Wildman–Crippen MR) is 215 cm³/mol. The molecular formula is C52H36. The first-order valence-corrected chi connectivity index (χ1v) is 18.6. The molecule has 244 valence electrons. The van der Waals surface area contributed by atoms with E-state index in [1.807, 2.05) is 0 Å². The Morgan fingerprint density at radius 3 is 0.596 bits per heavy atom. The molecule has 0 aromatic heterocycles. The summed E-state index contributed by atoms with van der Waals surface area (Å²) in [4.78, 5) is 0. The van der Waals surface area contributed by atoms with Gasteiger partial charge >= 0.3 is 0 Å². The minimum atomic E-state index is 0.169. The maximum Gasteiger partial charge on any atom is 0.0205 e. The largest absolute Gasteiger partial charge is 0.0622 e. The van der Waals surface area contributed by atoms with Crippen LogP contribution in [0.25, 0.3) is 44.5 Å². The van der Waals surface area contributed by atoms with E-state index in [0.29, 0.717) is 0 Å². The number of benzene rings is 8. The van der Waals surface area contributed by atoms with Gasteiger partial charge in [-0.15, -0.1) is 0 Å². The van der Waals surface area contributed by atoms with Gasteiger partial charge in [0.25, 0.3) is 0 Å². The van der Waals surface area contributed by atoms with E-state index in [9.17, 15) is 0 Å². The summed E-state index contributed by atoms with van der Waals surface area (Å²) in [7, 11) is 0. The lowest BCUT2D eigenvalue weighted by Crippen LogP contribution is -2.36. The highest BCUT2D eigenvalue weighted by Crippen LogP contribution is 2.65. The monoisotopic (exact) mass is 660 g/mol. The van der Waals surface area contributed by atoms with Gasteiger partial charge in [0, 0.05) is 23.7 Å². The highest BCUT2D eigenvalue weighted by molar-refractivity contribution is 5.89. The van der Waals surface area contributed by atoms with E-state index in [1.54, 1.807) is 0 Å². The van der Waals surface area contributed by atoms with E-state index >= 15 is 0 Å². The van der Waals surface area contributed by atoms with Crippen LogP contribution in [0.15, 0.2) is 194 Å². The fourth-order valence-electron chi connectivity index (χ4n) is 10.0. The zero-order valence-electron chi connectivity index (χ0n) is 28.8. The van der Waals surface area contributed by atoms with E-state index in [4.69, 9.17) is 0 Å². The van der Waals surface area contributed by atoms with Crippen molar-refractivity contribution in [2.24, 2.45) is 0 Å². The summed E-state index contributed by atoms with van der Waals surface area (Å²) < 4.78 is 0. The molecule has 0 heterocycles. The molecule has 6 aliphatic rings. The number of hydrogen-bond acceptors (Lipinski definition) is 0. The molecule has 0 aliphatic heterocycles. The molecule has 14 rings (SSSR count). The van der Waals surface area contributed by atoms with Gasteiger partial charge in [0.15, 0.2) is 0 Å². The zero-order valence-corrected chi connectivity index (χ0v) is 28.8. The molecule has 0 radical (unpaired) electrons. The van der Waals surface area contributed by atoms with E-state index < -0.39 is 0 Å². The van der Waals surface area contributed by atoms with Crippen molar-refractivity contribution in [1.29, 1.82) is 0 Å². The molecule has 0 N–H and O–H groups in total. The Balaban J connectivity index is 1.26. The Hall–Kier alpha value is -6.24. The average Bonchev–Trinajstić information content (AvgIpc) is 3.22. The van der Waals surface area contributed by atoms with Crippen LogP contribution in [0, 0.1) is 0 Å². The molecule has 0 unspecified atom stereocenters. The highest BCUT2D eigenvalue weighted by Gasteiger charge is 2.50. The summed E-state index contributed by atoms with van der Waals surface area (Å²) in [5.41, 5.74) is 22.1. The molecule has 8 aromatic rings. The lowest BCUT2D eigenvalue weighted by molar-refractivity contribution is 0.530. The molecule has 0 heteroatoms. The highest BCUT2D eigenvalue weighted by atomic mass is 14.5. The predicted octanol–water partition coefficient (Wildman–Crippen LogP) is 13.2. The fourth-order valence-corrected chi connectivity index (χ4v) is 10.0. The Morgan fingerprint density at radius 1 is 0.192 bits per heavy atom. The second-order valence-corrected chi connectivity index (χ2v) is 14.7. The van der Waals surface area contributed by atoms with Gasteiger partial charge in [-0.3, -0.25) is 0 Å². The molecule has 0 nitrogen and oxygen atoms in total. The van der Waals surface area contributed by atoms with Crippen molar-refractivity contribution in [2.75, 3.05) is 0 Å². The molecule has 8 aromatic carbocycles. The minimum absolute atomic E-state index is 0.169. The van der Waals surface area contributed by atoms with Gasteiger partial charge in [-0.1, -0.05) is 170 Å². The first-order valence-electron chi connectivity index (χ1n) is 18.6. The van der Waals surface area contributed by atoms with Gasteiger partial charge in [-0.2, -0.15) is 0 Å². The van der Waals surface area contributed by atoms with Crippen LogP contribution in [0.5, 0.6) is 0 Å². The summed E-state index contributed by atoms with van der Waals surface area (Å²) in [6.07, 6.45) is 0. The van der Waals surface area contributed by atoms with Crippen LogP contribution in [-0.2, 0) is 0 Å². The molecule has 0 saturated carbocycles. The smallest absolute Gasteiger partial charge is 0.0205 e. The molecule has 6 aliphatic carbocycles. The minimum Gasteiger partial charge on any atom is -0.0622 e. The summed E-state index contributed by atoms with van der Waals surface area (Å²) in [5, 5.41) is 0. The Labute approximate surface area is 305 Å². The van der Waals surface area contributed by atoms with Gasteiger partial charge in [-0.05, 0) is 113 Å². The summed E-state index contributed by atoms with van der Waals surface area (Å²) in [5.74, 6) is 0.674. The standard InChI is InChI=1S/C52H36/c1-5-17-33(18-6-1)41-29-45-46(30-42(41)34-19-7-2-8-20-34)50-38-26-14-13-25-37(38)49(45)51-39-27-15-16-28-40(39)52(50)48-32-44(36-23-11-4-12-24-36)43(31-47(48)51)35-21-9-3-10-22-35/h1-32,49-52H/t49-,50+,51-,52+. The van der Waals surface area contributed by atoms with Crippen molar-refractivity contribution in [3.8, 4) is 44.5 Å². The maximum absolute atomic E-state index is 2.58. The molecule has 4 atom stereocenters. The summed E-state index contributed by atoms with van der Waals surface area (Å²) >= 11 is 0. The molecule has 0 spiro atoms. The number of rotatable bonds is 4. The lowest BCUT2D eigenvalue weighted by atomic mass is 9.52. The van der Waals surface area contributed by atoms with E-state index in [2.05, 4.69) is 194 Å². The van der Waals surface area contributed by atoms with Crippen molar-refractivity contribution < 1.29 is 0 Å². The van der Waals surface area contributed by atoms with Crippen LogP contribution >= 0.6 is 0 Å². The number of hydrogen-bond donors (Lipinski definition) is 0.